The van der Waals surface area contributed by atoms with E-state index in [1.807, 2.05) is 0 Å². The molecule has 2 aromatic rings. The van der Waals surface area contributed by atoms with Crippen molar-refractivity contribution in [1.29, 1.82) is 0 Å². The first-order valence-electron chi connectivity index (χ1n) is 5.25. The minimum absolute atomic E-state index is 0.107. The first-order valence-corrected chi connectivity index (χ1v) is 6.07. The maximum atomic E-state index is 11.7. The third kappa shape index (κ3) is 3.17. The molecule has 104 valence electrons. The zero-order valence-electron chi connectivity index (χ0n) is 9.85. The molecule has 20 heavy (non-hydrogen) atoms. The molecule has 0 spiro atoms. The number of nitrogens with zero attached hydrogens (tertiary/aromatic N) is 3. The highest BCUT2D eigenvalue weighted by molar-refractivity contribution is 7.18. The number of nitrogens with one attached hydrogen (secondary N) is 1. The monoisotopic (exact) mass is 296 g/mol. The lowest BCUT2D eigenvalue weighted by molar-refractivity contribution is -0.385. The summed E-state index contributed by atoms with van der Waals surface area (Å²) in [6, 6.07) is 2.85. The normalized spacial score (nSPS) is 10.2. The van der Waals surface area contributed by atoms with E-state index >= 15 is 0 Å². The van der Waals surface area contributed by atoms with Gasteiger partial charge in [-0.25, -0.2) is 4.79 Å². The second-order valence-corrected chi connectivity index (χ2v) is 4.75. The molecule has 0 atom stereocenters. The lowest BCUT2D eigenvalue weighted by Gasteiger charge is -2.01. The van der Waals surface area contributed by atoms with Crippen LogP contribution in [0.3, 0.4) is 0 Å². The number of anilines is 1. The van der Waals surface area contributed by atoms with Gasteiger partial charge in [0.2, 0.25) is 5.91 Å². The van der Waals surface area contributed by atoms with E-state index in [-0.39, 0.29) is 17.1 Å². The molecule has 2 rings (SSSR count). The van der Waals surface area contributed by atoms with Gasteiger partial charge in [0.15, 0.2) is 0 Å². The summed E-state index contributed by atoms with van der Waals surface area (Å²) in [5.74, 6) is -1.53. The van der Waals surface area contributed by atoms with Crippen LogP contribution in [0.15, 0.2) is 24.5 Å². The first-order chi connectivity index (χ1) is 9.45. The lowest BCUT2D eigenvalue weighted by Crippen LogP contribution is -2.18. The molecular formula is C10H8N4O5S. The highest BCUT2D eigenvalue weighted by Gasteiger charge is 2.13. The maximum absolute atomic E-state index is 11.7. The molecule has 0 saturated heterocycles. The number of carbonyl (C=O) groups excluding carboxylic acids is 1. The Hall–Kier alpha value is -2.75. The fourth-order valence-corrected chi connectivity index (χ4v) is 2.14. The van der Waals surface area contributed by atoms with E-state index in [0.29, 0.717) is 5.00 Å². The molecule has 1 amide bonds. The number of carbonyl (C=O) groups is 2. The highest BCUT2D eigenvalue weighted by Crippen LogP contribution is 2.21. The molecule has 0 bridgehead atoms. The summed E-state index contributed by atoms with van der Waals surface area (Å²) in [6.45, 7) is -0.200. The Morgan fingerprint density at radius 1 is 1.50 bits per heavy atom. The number of hydrogen-bond donors (Lipinski definition) is 2. The molecule has 0 saturated carbocycles. The van der Waals surface area contributed by atoms with Gasteiger partial charge in [-0.05, 0) is 12.1 Å². The van der Waals surface area contributed by atoms with Crippen molar-refractivity contribution in [3.05, 3.63) is 39.5 Å². The van der Waals surface area contributed by atoms with Crippen molar-refractivity contribution in [3.63, 3.8) is 0 Å². The van der Waals surface area contributed by atoms with Gasteiger partial charge in [-0.3, -0.25) is 19.6 Å². The molecule has 0 fully saturated rings. The van der Waals surface area contributed by atoms with E-state index in [1.165, 1.54) is 12.1 Å². The number of carboxylic acids is 1. The van der Waals surface area contributed by atoms with Crippen LogP contribution in [0, 0.1) is 10.1 Å². The van der Waals surface area contributed by atoms with Gasteiger partial charge in [-0.2, -0.15) is 5.10 Å². The summed E-state index contributed by atoms with van der Waals surface area (Å²) < 4.78 is 1.12. The molecule has 0 unspecified atom stereocenters. The summed E-state index contributed by atoms with van der Waals surface area (Å²) >= 11 is 0.921. The van der Waals surface area contributed by atoms with Crippen molar-refractivity contribution in [3.8, 4) is 0 Å². The molecule has 10 heteroatoms. The average molecular weight is 296 g/mol. The molecule has 2 N–H and O–H groups in total. The van der Waals surface area contributed by atoms with Crippen molar-refractivity contribution >= 4 is 33.9 Å². The van der Waals surface area contributed by atoms with Crippen LogP contribution < -0.4 is 5.32 Å². The summed E-state index contributed by atoms with van der Waals surface area (Å²) in [6.07, 6.45) is 2.18. The van der Waals surface area contributed by atoms with E-state index in [9.17, 15) is 19.7 Å². The van der Waals surface area contributed by atoms with Crippen molar-refractivity contribution in [2.45, 2.75) is 6.54 Å². The Kier molecular flexibility index (Phi) is 3.75. The fourth-order valence-electron chi connectivity index (χ4n) is 1.38. The molecule has 0 aliphatic rings. The van der Waals surface area contributed by atoms with Crippen molar-refractivity contribution < 1.29 is 19.6 Å². The summed E-state index contributed by atoms with van der Waals surface area (Å²) in [5, 5.41) is 25.7. The molecule has 2 heterocycles. The van der Waals surface area contributed by atoms with Crippen LogP contribution in [0.1, 0.15) is 9.67 Å². The predicted molar refractivity (Wildman–Crippen MR) is 68.8 cm³/mol. The Morgan fingerprint density at radius 2 is 2.25 bits per heavy atom. The van der Waals surface area contributed by atoms with E-state index in [2.05, 4.69) is 10.4 Å². The highest BCUT2D eigenvalue weighted by atomic mass is 32.1. The third-order valence-electron chi connectivity index (χ3n) is 2.22. The Bertz CT molecular complexity index is 621. The number of hydrogen-bond acceptors (Lipinski definition) is 6. The SMILES string of the molecule is O=C(Cn1cc([N+](=O)[O-])cn1)Nc1ccc(C(=O)O)s1. The standard InChI is InChI=1S/C10H8N4O5S/c15-8(5-13-4-6(3-11-13)14(18)19)12-9-2-1-7(20-9)10(16)17/h1-4H,5H2,(H,12,15)(H,16,17). The Balaban J connectivity index is 1.97. The molecular weight excluding hydrogens is 288 g/mol. The number of rotatable bonds is 5. The van der Waals surface area contributed by atoms with Crippen LogP contribution in [0.4, 0.5) is 10.7 Å². The van der Waals surface area contributed by atoms with Crippen LogP contribution in [0.2, 0.25) is 0 Å². The van der Waals surface area contributed by atoms with Gasteiger partial charge in [0.25, 0.3) is 0 Å². The van der Waals surface area contributed by atoms with E-state index in [0.717, 1.165) is 28.4 Å². The molecule has 9 nitrogen and oxygen atoms in total. The number of amides is 1. The predicted octanol–water partition coefficient (Wildman–Crippen LogP) is 1.19. The number of carboxylic acid groups (broad SMARTS) is 1. The Labute approximate surface area is 115 Å². The topological polar surface area (TPSA) is 127 Å². The van der Waals surface area contributed by atoms with Crippen molar-refractivity contribution in [2.75, 3.05) is 5.32 Å². The summed E-state index contributed by atoms with van der Waals surface area (Å²) in [7, 11) is 0. The van der Waals surface area contributed by atoms with Gasteiger partial charge in [0.1, 0.15) is 23.8 Å². The minimum Gasteiger partial charge on any atom is -0.477 e. The number of aromatic nitrogens is 2. The van der Waals surface area contributed by atoms with Gasteiger partial charge in [0, 0.05) is 0 Å². The van der Waals surface area contributed by atoms with Gasteiger partial charge >= 0.3 is 11.7 Å². The van der Waals surface area contributed by atoms with Crippen LogP contribution in [0.5, 0.6) is 0 Å². The van der Waals surface area contributed by atoms with E-state index in [1.54, 1.807) is 0 Å². The van der Waals surface area contributed by atoms with Crippen LogP contribution in [-0.4, -0.2) is 31.7 Å². The van der Waals surface area contributed by atoms with E-state index < -0.39 is 16.8 Å². The van der Waals surface area contributed by atoms with Crippen LogP contribution in [-0.2, 0) is 11.3 Å². The number of nitro groups is 1. The van der Waals surface area contributed by atoms with Crippen molar-refractivity contribution in [2.24, 2.45) is 0 Å². The molecule has 2 aromatic heterocycles. The average Bonchev–Trinajstić information content (AvgIpc) is 2.98. The Morgan fingerprint density at radius 3 is 2.80 bits per heavy atom. The minimum atomic E-state index is -1.07. The number of aromatic carboxylic acids is 1. The second kappa shape index (κ2) is 5.48. The van der Waals surface area contributed by atoms with Gasteiger partial charge < -0.3 is 10.4 Å². The second-order valence-electron chi connectivity index (χ2n) is 3.67. The molecule has 0 radical (unpaired) electrons. The quantitative estimate of drug-likeness (QED) is 0.630. The number of thiophene rings is 1. The molecule has 0 aliphatic heterocycles. The van der Waals surface area contributed by atoms with E-state index in [4.69, 9.17) is 5.11 Å². The largest absolute Gasteiger partial charge is 0.477 e. The van der Waals surface area contributed by atoms with Gasteiger partial charge in [0.05, 0.1) is 9.92 Å². The van der Waals surface area contributed by atoms with Gasteiger partial charge in [-0.15, -0.1) is 11.3 Å². The smallest absolute Gasteiger partial charge is 0.345 e. The van der Waals surface area contributed by atoms with Crippen molar-refractivity contribution in [1.82, 2.24) is 9.78 Å². The summed E-state index contributed by atoms with van der Waals surface area (Å²) in [5.41, 5.74) is -0.206. The molecule has 0 aromatic carbocycles. The lowest BCUT2D eigenvalue weighted by atomic mass is 10.4. The van der Waals surface area contributed by atoms with Crippen LogP contribution in [0.25, 0.3) is 0 Å². The first kappa shape index (κ1) is 13.7. The maximum Gasteiger partial charge on any atom is 0.345 e. The zero-order valence-corrected chi connectivity index (χ0v) is 10.7. The third-order valence-corrected chi connectivity index (χ3v) is 3.20. The van der Waals surface area contributed by atoms with Gasteiger partial charge in [-0.1, -0.05) is 0 Å². The fraction of sp³-hybridized carbons (Fsp3) is 0.100. The van der Waals surface area contributed by atoms with Crippen LogP contribution >= 0.6 is 11.3 Å². The zero-order chi connectivity index (χ0) is 14.7. The summed E-state index contributed by atoms with van der Waals surface area (Å²) in [4.78, 5) is 32.3. The molecule has 0 aliphatic carbocycles.